The maximum absolute atomic E-state index is 6.01. The Balaban J connectivity index is 1.84. The second-order valence-electron chi connectivity index (χ2n) is 5.44. The van der Waals surface area contributed by atoms with Crippen molar-refractivity contribution >= 4 is 34.7 Å². The number of halogens is 1. The summed E-state index contributed by atoms with van der Waals surface area (Å²) in [5.74, 6) is 2.63. The van der Waals surface area contributed by atoms with Gasteiger partial charge in [0.2, 0.25) is 11.7 Å². The highest BCUT2D eigenvalue weighted by molar-refractivity contribution is 6.30. The first-order valence-corrected chi connectivity index (χ1v) is 8.43. The number of hydrogen-bond acceptors (Lipinski definition) is 7. The fourth-order valence-corrected chi connectivity index (χ4v) is 2.68. The van der Waals surface area contributed by atoms with Gasteiger partial charge in [-0.25, -0.2) is 4.98 Å². The van der Waals surface area contributed by atoms with Gasteiger partial charge in [0.15, 0.2) is 11.5 Å². The Morgan fingerprint density at radius 2 is 1.59 bits per heavy atom. The van der Waals surface area contributed by atoms with Crippen molar-refractivity contribution in [1.29, 1.82) is 0 Å². The SMILES string of the molecule is COc1cc(Nc2nccc(Nc3cccc(Cl)c3)n2)cc(OC)c1OC. The molecule has 0 aliphatic carbocycles. The van der Waals surface area contributed by atoms with Gasteiger partial charge in [-0.2, -0.15) is 4.98 Å². The highest BCUT2D eigenvalue weighted by Gasteiger charge is 2.14. The minimum atomic E-state index is 0.413. The highest BCUT2D eigenvalue weighted by Crippen LogP contribution is 2.40. The fraction of sp³-hybridized carbons (Fsp3) is 0.158. The van der Waals surface area contributed by atoms with Crippen molar-refractivity contribution in [2.45, 2.75) is 0 Å². The summed E-state index contributed by atoms with van der Waals surface area (Å²) in [4.78, 5) is 8.70. The number of methoxy groups -OCH3 is 3. The summed E-state index contributed by atoms with van der Waals surface area (Å²) in [6.45, 7) is 0. The summed E-state index contributed by atoms with van der Waals surface area (Å²) in [6, 6.07) is 12.7. The summed E-state index contributed by atoms with van der Waals surface area (Å²) in [6.07, 6.45) is 1.65. The quantitative estimate of drug-likeness (QED) is 0.612. The lowest BCUT2D eigenvalue weighted by atomic mass is 10.2. The predicted octanol–water partition coefficient (Wildman–Crippen LogP) is 4.64. The van der Waals surface area contributed by atoms with Crippen LogP contribution in [0.25, 0.3) is 0 Å². The third-order valence-corrected chi connectivity index (χ3v) is 3.91. The third-order valence-electron chi connectivity index (χ3n) is 3.67. The van der Waals surface area contributed by atoms with Crippen LogP contribution in [0.1, 0.15) is 0 Å². The van der Waals surface area contributed by atoms with Crippen LogP contribution in [0.2, 0.25) is 5.02 Å². The molecule has 0 aliphatic rings. The van der Waals surface area contributed by atoms with Crippen molar-refractivity contribution in [2.24, 2.45) is 0 Å². The van der Waals surface area contributed by atoms with E-state index in [4.69, 9.17) is 25.8 Å². The Bertz CT molecular complexity index is 911. The summed E-state index contributed by atoms with van der Waals surface area (Å²) < 4.78 is 16.0. The van der Waals surface area contributed by atoms with E-state index in [0.717, 1.165) is 5.69 Å². The number of benzene rings is 2. The molecular weight excluding hydrogens is 368 g/mol. The molecular formula is C19H19ClN4O3. The third kappa shape index (κ3) is 4.51. The number of rotatable bonds is 7. The van der Waals surface area contributed by atoms with E-state index in [1.54, 1.807) is 45.7 Å². The largest absolute Gasteiger partial charge is 0.493 e. The molecule has 140 valence electrons. The zero-order chi connectivity index (χ0) is 19.2. The van der Waals surface area contributed by atoms with E-state index in [1.165, 1.54) is 0 Å². The minimum absolute atomic E-state index is 0.413. The van der Waals surface area contributed by atoms with Crippen molar-refractivity contribution in [2.75, 3.05) is 32.0 Å². The van der Waals surface area contributed by atoms with Crippen LogP contribution < -0.4 is 24.8 Å². The maximum Gasteiger partial charge on any atom is 0.229 e. The minimum Gasteiger partial charge on any atom is -0.493 e. The van der Waals surface area contributed by atoms with Crippen LogP contribution >= 0.6 is 11.6 Å². The van der Waals surface area contributed by atoms with E-state index < -0.39 is 0 Å². The van der Waals surface area contributed by atoms with Crippen LogP contribution in [0.5, 0.6) is 17.2 Å². The van der Waals surface area contributed by atoms with Gasteiger partial charge in [0, 0.05) is 34.7 Å². The standard InChI is InChI=1S/C19H19ClN4O3/c1-25-15-10-14(11-16(26-2)18(15)27-3)23-19-21-8-7-17(24-19)22-13-6-4-5-12(20)9-13/h4-11H,1-3H3,(H2,21,22,23,24). The number of aromatic nitrogens is 2. The molecule has 0 unspecified atom stereocenters. The van der Waals surface area contributed by atoms with Crippen LogP contribution in [0.3, 0.4) is 0 Å². The van der Waals surface area contributed by atoms with Gasteiger partial charge in [-0.3, -0.25) is 0 Å². The van der Waals surface area contributed by atoms with Crippen LogP contribution in [-0.2, 0) is 0 Å². The molecule has 1 aromatic heterocycles. The van der Waals surface area contributed by atoms with E-state index in [0.29, 0.717) is 39.7 Å². The molecule has 3 aromatic rings. The Kier molecular flexibility index (Phi) is 5.83. The molecule has 0 saturated heterocycles. The van der Waals surface area contributed by atoms with Gasteiger partial charge in [0.25, 0.3) is 0 Å². The van der Waals surface area contributed by atoms with Gasteiger partial charge in [-0.1, -0.05) is 17.7 Å². The Labute approximate surface area is 162 Å². The molecule has 0 amide bonds. The normalized spacial score (nSPS) is 10.2. The second-order valence-corrected chi connectivity index (χ2v) is 5.88. The Morgan fingerprint density at radius 3 is 2.22 bits per heavy atom. The van der Waals surface area contributed by atoms with Crippen molar-refractivity contribution < 1.29 is 14.2 Å². The molecule has 2 aromatic carbocycles. The molecule has 7 nitrogen and oxygen atoms in total. The van der Waals surface area contributed by atoms with Crippen LogP contribution in [0.4, 0.5) is 23.1 Å². The van der Waals surface area contributed by atoms with Gasteiger partial charge in [0.1, 0.15) is 5.82 Å². The molecule has 0 atom stereocenters. The molecule has 0 aliphatic heterocycles. The van der Waals surface area contributed by atoms with E-state index in [9.17, 15) is 0 Å². The lowest BCUT2D eigenvalue weighted by Crippen LogP contribution is -2.02. The van der Waals surface area contributed by atoms with E-state index in [2.05, 4.69) is 20.6 Å². The summed E-state index contributed by atoms with van der Waals surface area (Å²) >= 11 is 6.01. The number of ether oxygens (including phenoxy) is 3. The number of hydrogen-bond donors (Lipinski definition) is 2. The van der Waals surface area contributed by atoms with Crippen LogP contribution in [0.15, 0.2) is 48.7 Å². The van der Waals surface area contributed by atoms with E-state index >= 15 is 0 Å². The number of anilines is 4. The van der Waals surface area contributed by atoms with Crippen LogP contribution in [0, 0.1) is 0 Å². The molecule has 8 heteroatoms. The van der Waals surface area contributed by atoms with Gasteiger partial charge < -0.3 is 24.8 Å². The van der Waals surface area contributed by atoms with Crippen molar-refractivity contribution in [1.82, 2.24) is 9.97 Å². The zero-order valence-electron chi connectivity index (χ0n) is 15.1. The zero-order valence-corrected chi connectivity index (χ0v) is 15.9. The lowest BCUT2D eigenvalue weighted by Gasteiger charge is -2.15. The van der Waals surface area contributed by atoms with Gasteiger partial charge >= 0.3 is 0 Å². The topological polar surface area (TPSA) is 77.5 Å². The summed E-state index contributed by atoms with van der Waals surface area (Å²) in [7, 11) is 4.68. The molecule has 2 N–H and O–H groups in total. The molecule has 0 radical (unpaired) electrons. The monoisotopic (exact) mass is 386 g/mol. The van der Waals surface area contributed by atoms with Crippen molar-refractivity contribution in [3.8, 4) is 17.2 Å². The molecule has 0 saturated carbocycles. The highest BCUT2D eigenvalue weighted by atomic mass is 35.5. The van der Waals surface area contributed by atoms with Gasteiger partial charge in [0.05, 0.1) is 21.3 Å². The first kappa shape index (κ1) is 18.6. The average Bonchev–Trinajstić information content (AvgIpc) is 2.67. The first-order valence-electron chi connectivity index (χ1n) is 8.05. The van der Waals surface area contributed by atoms with E-state index in [1.807, 2.05) is 24.3 Å². The number of nitrogens with one attached hydrogen (secondary N) is 2. The molecule has 3 rings (SSSR count). The lowest BCUT2D eigenvalue weighted by molar-refractivity contribution is 0.324. The molecule has 1 heterocycles. The fourth-order valence-electron chi connectivity index (χ4n) is 2.49. The van der Waals surface area contributed by atoms with Gasteiger partial charge in [-0.15, -0.1) is 0 Å². The Morgan fingerprint density at radius 1 is 0.852 bits per heavy atom. The number of nitrogens with zero attached hydrogens (tertiary/aromatic N) is 2. The molecule has 0 bridgehead atoms. The molecule has 0 fully saturated rings. The van der Waals surface area contributed by atoms with Crippen molar-refractivity contribution in [3.63, 3.8) is 0 Å². The van der Waals surface area contributed by atoms with Crippen molar-refractivity contribution in [3.05, 3.63) is 53.7 Å². The maximum atomic E-state index is 6.01. The summed E-state index contributed by atoms with van der Waals surface area (Å²) in [5.41, 5.74) is 1.53. The van der Waals surface area contributed by atoms with Crippen LogP contribution in [-0.4, -0.2) is 31.3 Å². The second kappa shape index (κ2) is 8.46. The molecule has 27 heavy (non-hydrogen) atoms. The average molecular weight is 387 g/mol. The van der Waals surface area contributed by atoms with Gasteiger partial charge in [-0.05, 0) is 24.3 Å². The smallest absolute Gasteiger partial charge is 0.229 e. The first-order chi connectivity index (χ1) is 13.1. The Hall–Kier alpha value is -3.19. The molecule has 0 spiro atoms. The van der Waals surface area contributed by atoms with E-state index in [-0.39, 0.29) is 0 Å². The summed E-state index contributed by atoms with van der Waals surface area (Å²) in [5, 5.41) is 6.97. The predicted molar refractivity (Wildman–Crippen MR) is 106 cm³/mol.